The molecule has 4 heteroatoms. The minimum atomic E-state index is -1.33. The lowest BCUT2D eigenvalue weighted by Crippen LogP contribution is -2.64. The fourth-order valence-electron chi connectivity index (χ4n) is 4.65. The van der Waals surface area contributed by atoms with E-state index in [2.05, 4.69) is 0 Å². The van der Waals surface area contributed by atoms with Gasteiger partial charge >= 0.3 is 0 Å². The second-order valence-electron chi connectivity index (χ2n) is 6.51. The number of aliphatic hydroxyl groups is 1. The first-order valence-electron chi connectivity index (χ1n) is 10.1. The van der Waals surface area contributed by atoms with Crippen molar-refractivity contribution in [3.8, 4) is 11.5 Å². The first kappa shape index (κ1) is 8.94. The van der Waals surface area contributed by atoms with Crippen LogP contribution < -0.4 is 9.47 Å². The van der Waals surface area contributed by atoms with Crippen molar-refractivity contribution >= 4 is 0 Å². The van der Waals surface area contributed by atoms with Crippen molar-refractivity contribution in [3.63, 3.8) is 0 Å². The monoisotopic (exact) mass is 304 g/mol. The third-order valence-electron chi connectivity index (χ3n) is 5.63. The van der Waals surface area contributed by atoms with Crippen LogP contribution in [0.3, 0.4) is 0 Å². The number of hydrogen-bond acceptors (Lipinski definition) is 4. The van der Waals surface area contributed by atoms with Crippen molar-refractivity contribution in [2.24, 2.45) is 5.89 Å². The van der Waals surface area contributed by atoms with Crippen LogP contribution in [-0.4, -0.2) is 50.4 Å². The summed E-state index contributed by atoms with van der Waals surface area (Å²) < 4.78 is 54.8. The lowest BCUT2D eigenvalue weighted by molar-refractivity contribution is -0.0453. The minimum absolute atomic E-state index is 0.0288. The molecule has 4 aliphatic rings. The van der Waals surface area contributed by atoms with Crippen molar-refractivity contribution in [1.82, 2.24) is 4.90 Å². The van der Waals surface area contributed by atoms with Crippen LogP contribution in [0.1, 0.15) is 23.0 Å². The highest BCUT2D eigenvalue weighted by molar-refractivity contribution is 5.62. The highest BCUT2D eigenvalue weighted by atomic mass is 16.5. The lowest BCUT2D eigenvalue weighted by atomic mass is 9.53. The molecule has 2 aliphatic carbocycles. The summed E-state index contributed by atoms with van der Waals surface area (Å²) in [5.74, 6) is -0.760. The average Bonchev–Trinajstić information content (AvgIpc) is 2.98. The summed E-state index contributed by atoms with van der Waals surface area (Å²) in [6, 6.07) is -1.34. The van der Waals surface area contributed by atoms with Gasteiger partial charge in [-0.3, -0.25) is 0 Å². The van der Waals surface area contributed by atoms with Gasteiger partial charge in [0.25, 0.3) is 0 Å². The van der Waals surface area contributed by atoms with Crippen LogP contribution in [0.5, 0.6) is 11.5 Å². The Morgan fingerprint density at radius 2 is 2.45 bits per heavy atom. The number of rotatable bonds is 2. The maximum atomic E-state index is 9.46. The molecular weight excluding hydrogens is 278 g/mol. The van der Waals surface area contributed by atoms with Crippen LogP contribution in [0.4, 0.5) is 0 Å². The molecule has 4 nitrogen and oxygen atoms in total. The highest BCUT2D eigenvalue weighted by Gasteiger charge is 2.64. The Kier molecular flexibility index (Phi) is 1.65. The first-order chi connectivity index (χ1) is 12.8. The van der Waals surface area contributed by atoms with E-state index in [1.54, 1.807) is 12.2 Å². The van der Waals surface area contributed by atoms with Gasteiger partial charge in [0.2, 0.25) is 1.43 Å². The number of nitrogens with zero attached hydrogens (tertiary/aromatic N) is 1. The predicted molar refractivity (Wildman–Crippen MR) is 82.5 cm³/mol. The molecular formula is C18H21NO3. The molecule has 2 unspecified atom stereocenters. The zero-order valence-electron chi connectivity index (χ0n) is 17.6. The Balaban J connectivity index is 1.93. The van der Waals surface area contributed by atoms with E-state index >= 15 is 0 Å². The minimum Gasteiger partial charge on any atom is -0.493 e. The predicted octanol–water partition coefficient (Wildman–Crippen LogP) is 1.50. The van der Waals surface area contributed by atoms with Gasteiger partial charge in [0.15, 0.2) is 11.5 Å². The standard InChI is InChI=1S/C18H21NO3/c1-19-8-7-18-11-4-5-13(20)17(18)22-16-14(21-2)6-3-10(15(16)18)9-12(11)19/h3-6,11-13,17,20H,7-9H2,1-2H3/t11-,12+,13?,17?,18-/m0/s1/i3D,6D,11D,12D,20D. The Morgan fingerprint density at radius 3 is 3.27 bits per heavy atom. The van der Waals surface area contributed by atoms with Gasteiger partial charge in [-0.15, -0.1) is 0 Å². The molecule has 2 heterocycles. The number of piperidine rings is 1. The number of methoxy groups -OCH3 is 1. The molecule has 1 saturated heterocycles. The van der Waals surface area contributed by atoms with Crippen molar-refractivity contribution in [3.05, 3.63) is 35.4 Å². The Hall–Kier alpha value is -1.52. The zero-order chi connectivity index (χ0) is 19.4. The van der Waals surface area contributed by atoms with E-state index in [1.807, 2.05) is 11.9 Å². The van der Waals surface area contributed by atoms with Crippen LogP contribution in [0, 0.1) is 5.89 Å². The fourth-order valence-corrected chi connectivity index (χ4v) is 4.65. The van der Waals surface area contributed by atoms with E-state index < -0.39 is 29.5 Å². The van der Waals surface area contributed by atoms with Crippen LogP contribution in [0.25, 0.3) is 0 Å². The summed E-state index contributed by atoms with van der Waals surface area (Å²) in [5.41, 5.74) is 0.381. The van der Waals surface area contributed by atoms with Crippen LogP contribution in [0.2, 0.25) is 0 Å². The average molecular weight is 304 g/mol. The van der Waals surface area contributed by atoms with E-state index in [-0.39, 0.29) is 24.3 Å². The molecule has 1 fully saturated rings. The summed E-state index contributed by atoms with van der Waals surface area (Å²) in [6.45, 7) is 0.597. The van der Waals surface area contributed by atoms with Gasteiger partial charge in [0, 0.05) is 25.6 Å². The Morgan fingerprint density at radius 1 is 1.55 bits per heavy atom. The molecule has 5 atom stereocenters. The summed E-state index contributed by atoms with van der Waals surface area (Å²) in [5, 5.41) is 4.92. The van der Waals surface area contributed by atoms with E-state index in [0.29, 0.717) is 29.8 Å². The normalized spacial score (nSPS) is 50.9. The molecule has 0 radical (unpaired) electrons. The number of likely N-dealkylation sites (tertiary alicyclic amines) is 1. The van der Waals surface area contributed by atoms with E-state index in [4.69, 9.17) is 18.8 Å². The SMILES string of the molecule is [2H]OC1C=C[C@]2([2H])[C@@]34CCN(C)[C@]2([2H])Cc2c([2H])c([2H])c(OC)c(c23)OC14. The van der Waals surface area contributed by atoms with Crippen LogP contribution in [-0.2, 0) is 11.8 Å². The molecule has 0 aromatic heterocycles. The van der Waals surface area contributed by atoms with Gasteiger partial charge in [-0.25, -0.2) is 0 Å². The number of ether oxygens (including phenoxy) is 2. The zero-order valence-corrected chi connectivity index (χ0v) is 12.6. The Bertz CT molecular complexity index is 894. The van der Waals surface area contributed by atoms with Gasteiger partial charge < -0.3 is 19.5 Å². The van der Waals surface area contributed by atoms with Gasteiger partial charge in [0.05, 0.1) is 9.85 Å². The van der Waals surface area contributed by atoms with Crippen molar-refractivity contribution in [2.45, 2.75) is 36.5 Å². The summed E-state index contributed by atoms with van der Waals surface area (Å²) in [7, 11) is 3.28. The van der Waals surface area contributed by atoms with Crippen molar-refractivity contribution < 1.29 is 20.1 Å². The maximum Gasteiger partial charge on any atom is 0.211 e. The molecule has 1 aromatic rings. The number of benzene rings is 1. The summed E-state index contributed by atoms with van der Waals surface area (Å²) in [4.78, 5) is 1.86. The third-order valence-corrected chi connectivity index (χ3v) is 5.63. The Labute approximate surface area is 137 Å². The molecule has 22 heavy (non-hydrogen) atoms. The number of aliphatic hydroxyl groups excluding tert-OH is 1. The molecule has 1 spiro atoms. The molecule has 0 saturated carbocycles. The van der Waals surface area contributed by atoms with Gasteiger partial charge in [-0.2, -0.15) is 0 Å². The second kappa shape index (κ2) is 4.06. The quantitative estimate of drug-likeness (QED) is 0.841. The van der Waals surface area contributed by atoms with Crippen LogP contribution in [0.15, 0.2) is 24.2 Å². The van der Waals surface area contributed by atoms with E-state index in [9.17, 15) is 2.74 Å². The smallest absolute Gasteiger partial charge is 0.211 e. The second-order valence-corrected chi connectivity index (χ2v) is 6.51. The van der Waals surface area contributed by atoms with Crippen molar-refractivity contribution in [2.75, 3.05) is 20.7 Å². The van der Waals surface area contributed by atoms with Gasteiger partial charge in [-0.1, -0.05) is 18.2 Å². The molecule has 1 aromatic carbocycles. The van der Waals surface area contributed by atoms with E-state index in [1.165, 1.54) is 7.11 Å². The van der Waals surface area contributed by atoms with Crippen molar-refractivity contribution in [1.29, 1.82) is 1.43 Å². The molecule has 2 aliphatic heterocycles. The topological polar surface area (TPSA) is 41.9 Å². The number of likely N-dealkylation sites (N-methyl/N-ethyl adjacent to an activating group) is 1. The summed E-state index contributed by atoms with van der Waals surface area (Å²) in [6.07, 6.45) is 2.69. The molecule has 5 rings (SSSR count). The first-order valence-corrected chi connectivity index (χ1v) is 7.66. The third kappa shape index (κ3) is 1.28. The number of hydrogen-bond donors (Lipinski definition) is 1. The largest absolute Gasteiger partial charge is 0.493 e. The fraction of sp³-hybridized carbons (Fsp3) is 0.556. The molecule has 0 amide bonds. The molecule has 1 N–H and O–H groups in total. The summed E-state index contributed by atoms with van der Waals surface area (Å²) >= 11 is 0. The maximum absolute atomic E-state index is 9.46. The van der Waals surface area contributed by atoms with Crippen LogP contribution >= 0.6 is 0 Å². The van der Waals surface area contributed by atoms with Gasteiger partial charge in [0.1, 0.15) is 12.2 Å². The van der Waals surface area contributed by atoms with E-state index in [0.717, 1.165) is 0 Å². The molecule has 116 valence electrons. The highest BCUT2D eigenvalue weighted by Crippen LogP contribution is 2.62. The van der Waals surface area contributed by atoms with Gasteiger partial charge in [-0.05, 0) is 38.0 Å². The molecule has 2 bridgehead atoms. The lowest BCUT2D eigenvalue weighted by Gasteiger charge is -2.56.